The number of esters is 1. The van der Waals surface area contributed by atoms with E-state index in [1.807, 2.05) is 24.3 Å². The van der Waals surface area contributed by atoms with Crippen LogP contribution in [0, 0.1) is 0 Å². The molecule has 0 aromatic heterocycles. The molecule has 0 atom stereocenters. The van der Waals surface area contributed by atoms with Crippen LogP contribution >= 0.6 is 0 Å². The highest BCUT2D eigenvalue weighted by atomic mass is 32.2. The second kappa shape index (κ2) is 57.8. The number of carbonyl (C=O) groups excluding carboxylic acids is 1. The predicted octanol–water partition coefficient (Wildman–Crippen LogP) is 29.7. The number of benzene rings is 7. The minimum Gasteiger partial charge on any atom is -0.494 e. The van der Waals surface area contributed by atoms with Crippen LogP contribution in [-0.4, -0.2) is 172 Å². The summed E-state index contributed by atoms with van der Waals surface area (Å²) in [7, 11) is 8.28. The van der Waals surface area contributed by atoms with Crippen LogP contribution in [0.4, 0.5) is 13.2 Å². The molecular weight excluding hydrogens is 1910 g/mol. The molecular formula is C120H172F3O12S7+7. The van der Waals surface area contributed by atoms with Crippen molar-refractivity contribution in [2.75, 3.05) is 81.0 Å². The maximum absolute atomic E-state index is 12.1. The highest BCUT2D eigenvalue weighted by Crippen LogP contribution is 2.51. The van der Waals surface area contributed by atoms with Crippen LogP contribution < -0.4 is 33.2 Å². The van der Waals surface area contributed by atoms with Crippen molar-refractivity contribution >= 4 is 82.2 Å². The summed E-state index contributed by atoms with van der Waals surface area (Å²) in [6, 6.07) is 60.3. The number of methoxy groups -OCH3 is 3. The molecule has 14 aliphatic heterocycles. The Labute approximate surface area is 873 Å². The largest absolute Gasteiger partial charge is 0.494 e. The third kappa shape index (κ3) is 33.2. The Morgan fingerprint density at radius 3 is 0.690 bits per heavy atom. The number of alkyl halides is 3. The summed E-state index contributed by atoms with van der Waals surface area (Å²) in [5, 5.41) is 13.0. The number of halogens is 3. The van der Waals surface area contributed by atoms with Crippen molar-refractivity contribution in [3.8, 4) is 40.2 Å². The summed E-state index contributed by atoms with van der Waals surface area (Å²) >= 11 is 0. The Balaban J connectivity index is 0.000000125. The first-order valence-electron chi connectivity index (χ1n) is 55.2. The summed E-state index contributed by atoms with van der Waals surface area (Å²) < 4.78 is 95.3. The van der Waals surface area contributed by atoms with Gasteiger partial charge in [-0.15, -0.1) is 0 Å². The van der Waals surface area contributed by atoms with Gasteiger partial charge in [-0.2, -0.15) is 13.2 Å². The fraction of sp³-hybridized carbons (Fsp3) is 0.642. The number of ether oxygens (including phenoxy) is 11. The van der Waals surface area contributed by atoms with Crippen LogP contribution in [-0.2, 0) is 100 Å². The minimum atomic E-state index is -4.28. The third-order valence-electron chi connectivity index (χ3n) is 31.1. The second-order valence-electron chi connectivity index (χ2n) is 42.4. The van der Waals surface area contributed by atoms with E-state index in [0.717, 1.165) is 115 Å². The van der Waals surface area contributed by atoms with Gasteiger partial charge in [0, 0.05) is 105 Å². The molecule has 0 spiro atoms. The number of hydrogen-bond donors (Lipinski definition) is 0. The number of rotatable bonds is 29. The average molecular weight is 2090 g/mol. The van der Waals surface area contributed by atoms with Gasteiger partial charge in [0.25, 0.3) is 0 Å². The zero-order valence-electron chi connectivity index (χ0n) is 87.1. The molecule has 14 aliphatic rings. The molecule has 14 saturated heterocycles. The number of unbranched alkanes of at least 4 members (excludes halogenated alkanes) is 1. The Bertz CT molecular complexity index is 4510. The molecule has 7 aromatic rings. The quantitative estimate of drug-likeness (QED) is 0.0146. The van der Waals surface area contributed by atoms with Crippen molar-refractivity contribution < 1.29 is 70.1 Å². The molecule has 0 unspecified atom stereocenters. The van der Waals surface area contributed by atoms with Gasteiger partial charge in [0.15, 0.2) is 47.7 Å². The topological polar surface area (TPSA) is 119 Å². The molecule has 21 rings (SSSR count). The summed E-state index contributed by atoms with van der Waals surface area (Å²) in [6.07, 6.45) is 58.1. The van der Waals surface area contributed by atoms with Gasteiger partial charge in [-0.25, -0.2) is 0 Å². The van der Waals surface area contributed by atoms with E-state index in [-0.39, 0.29) is 22.5 Å². The Morgan fingerprint density at radius 1 is 0.268 bits per heavy atom. The molecule has 0 saturated carbocycles. The van der Waals surface area contributed by atoms with Gasteiger partial charge in [0.1, 0.15) is 133 Å². The van der Waals surface area contributed by atoms with Crippen LogP contribution in [0.2, 0.25) is 0 Å². The van der Waals surface area contributed by atoms with E-state index in [1.54, 1.807) is 57.9 Å². The fourth-order valence-corrected chi connectivity index (χ4v) is 49.0. The molecule has 12 nitrogen and oxygen atoms in total. The zero-order valence-corrected chi connectivity index (χ0v) is 92.8. The van der Waals surface area contributed by atoms with Crippen molar-refractivity contribution in [2.45, 2.75) is 437 Å². The van der Waals surface area contributed by atoms with Gasteiger partial charge in [-0.1, -0.05) is 13.3 Å². The van der Waals surface area contributed by atoms with Crippen LogP contribution in [0.1, 0.15) is 317 Å². The van der Waals surface area contributed by atoms with E-state index >= 15 is 0 Å². The van der Waals surface area contributed by atoms with Crippen molar-refractivity contribution in [3.05, 3.63) is 170 Å². The highest BCUT2D eigenvalue weighted by Gasteiger charge is 2.53. The molecule has 7 aromatic carbocycles. The zero-order chi connectivity index (χ0) is 98.8. The monoisotopic (exact) mass is 2090 g/mol. The third-order valence-corrected chi connectivity index (χ3v) is 53.5. The summed E-state index contributed by atoms with van der Waals surface area (Å²) in [5.74, 6) is 5.62. The van der Waals surface area contributed by atoms with Gasteiger partial charge < -0.3 is 52.1 Å². The van der Waals surface area contributed by atoms with Crippen LogP contribution in [0.5, 0.6) is 40.2 Å². The van der Waals surface area contributed by atoms with E-state index in [9.17, 15) is 18.0 Å². The lowest BCUT2D eigenvalue weighted by atomic mass is 9.99. The van der Waals surface area contributed by atoms with E-state index in [2.05, 4.69) is 161 Å². The lowest BCUT2D eigenvalue weighted by molar-refractivity contribution is -0.153. The fourth-order valence-electron chi connectivity index (χ4n) is 24.8. The van der Waals surface area contributed by atoms with Gasteiger partial charge in [-0.05, 0) is 467 Å². The Kier molecular flexibility index (Phi) is 45.2. The number of carbonyl (C=O) groups is 1. The molecule has 14 fully saturated rings. The van der Waals surface area contributed by atoms with E-state index in [1.165, 1.54) is 293 Å². The summed E-state index contributed by atoms with van der Waals surface area (Å²) in [5.41, 5.74) is -0.106. The molecule has 22 heteroatoms. The molecule has 142 heavy (non-hydrogen) atoms. The standard InChI is InChI=1S/C19H29O3S.2C18H27OS.C17H25O2S.C16H20F3OS.C16H23O2S.C16H21O2S/c1-20-12-13-21-14-15-22-16-8-10-19(11-9-16)23-17-4-2-5-18(23)7-3-6-17;1-18(2,3)19-14-10-12-17(13-11-14)20-15-6-4-7-16(20)9-5-8-15;1-2-3-14-19-15-10-12-18(13-11-15)20-16-6-4-7-17(20)9-5-8-16;1-18-12-13-19-14-8-10-17(11-9-14)20-15-4-2-5-16(20)7-3-6-15;17-16(18,19)11-20-12-7-9-15(10-8-12)21-13-3-1-4-14(21)6-2-5-13;1-17-12-18-13-8-10-16(11-9-13)19-14-4-2-5-15(19)7-3-6-14;1-12(17)18-13-8-10-16(11-9-13)19-14-4-2-5-15(19)7-3-6-14/h8-11,17-18H,2-7,12-15H2,1H3;10-13,15-16H,4-9H2,1-3H3;10-13,16-17H,2-9,14H2,1H3;8-11,15-16H,2-7,12-13H2,1H3;7-10,13-14H,1-6,11H2;8-11,14-15H,2-7,12H2,1H3;8-11,14-15H,2-7H2,1H3/q7*+1. The molecule has 14 heterocycles. The van der Waals surface area contributed by atoms with Gasteiger partial charge in [0.05, 0.1) is 33.0 Å². The molecule has 0 amide bonds. The van der Waals surface area contributed by atoms with Crippen molar-refractivity contribution in [1.29, 1.82) is 0 Å². The maximum Gasteiger partial charge on any atom is 0.422 e. The lowest BCUT2D eigenvalue weighted by Gasteiger charge is -2.34. The Hall–Kier alpha value is -5.11. The molecule has 0 radical (unpaired) electrons. The molecule has 780 valence electrons. The van der Waals surface area contributed by atoms with Gasteiger partial charge >= 0.3 is 12.1 Å². The minimum absolute atomic E-state index is 0.106. The molecule has 14 bridgehead atoms. The smallest absolute Gasteiger partial charge is 0.422 e. The number of hydrogen-bond acceptors (Lipinski definition) is 12. The first-order chi connectivity index (χ1) is 69.3. The summed E-state index contributed by atoms with van der Waals surface area (Å²) in [6.45, 7) is 13.7. The lowest BCUT2D eigenvalue weighted by Crippen LogP contribution is -2.40. The van der Waals surface area contributed by atoms with Gasteiger partial charge in [0.2, 0.25) is 0 Å². The second-order valence-corrected chi connectivity index (χ2v) is 60.2. The SMILES string of the molecule is CC(=O)Oc1ccc([S+]2C3CCCC2CCC3)cc1.CC(C)(C)Oc1ccc([S+]2C3CCCC2CCC3)cc1.CCCCOc1ccc([S+]2C3CCCC2CCC3)cc1.COCCOCCOc1ccc([S+]2C3CCCC2CCC3)cc1.COCCOc1ccc([S+]2C3CCCC2CCC3)cc1.COCOc1ccc([S+]2C3CCCC2CCC3)cc1.FC(F)(F)COc1ccc([S+]2C3CCCC2CCC3)cc1. The van der Waals surface area contributed by atoms with Gasteiger partial charge in [-0.3, -0.25) is 4.79 Å². The van der Waals surface area contributed by atoms with Crippen molar-refractivity contribution in [1.82, 2.24) is 0 Å². The average Bonchev–Trinajstić information content (AvgIpc) is 0.841. The van der Waals surface area contributed by atoms with E-state index < -0.39 is 12.8 Å². The normalized spacial score (nSPS) is 29.1. The van der Waals surface area contributed by atoms with Crippen LogP contribution in [0.3, 0.4) is 0 Å². The predicted molar refractivity (Wildman–Crippen MR) is 593 cm³/mol. The summed E-state index contributed by atoms with van der Waals surface area (Å²) in [4.78, 5) is 21.6. The molecule has 0 aliphatic carbocycles. The van der Waals surface area contributed by atoms with Crippen LogP contribution in [0.15, 0.2) is 204 Å². The first kappa shape index (κ1) is 111. The number of fused-ring (bicyclic) bond motifs is 14. The van der Waals surface area contributed by atoms with Crippen LogP contribution in [0.25, 0.3) is 0 Å². The van der Waals surface area contributed by atoms with E-state index in [0.29, 0.717) is 123 Å². The highest BCUT2D eigenvalue weighted by molar-refractivity contribution is 8.00. The van der Waals surface area contributed by atoms with Crippen molar-refractivity contribution in [2.24, 2.45) is 0 Å². The van der Waals surface area contributed by atoms with Crippen molar-refractivity contribution in [3.63, 3.8) is 0 Å². The van der Waals surface area contributed by atoms with E-state index in [4.69, 9.17) is 52.1 Å². The first-order valence-corrected chi connectivity index (χ1v) is 64.6. The Morgan fingerprint density at radius 2 is 0.472 bits per heavy atom. The maximum atomic E-state index is 12.1. The molecule has 0 N–H and O–H groups in total.